The van der Waals surface area contributed by atoms with Crippen LogP contribution in [0.25, 0.3) is 0 Å². The number of phenols is 1. The van der Waals surface area contributed by atoms with Gasteiger partial charge in [0.05, 0.1) is 10.7 Å². The summed E-state index contributed by atoms with van der Waals surface area (Å²) in [6.45, 7) is 5.55. The Balaban J connectivity index is 1.72. The highest BCUT2D eigenvalue weighted by Crippen LogP contribution is 2.38. The van der Waals surface area contributed by atoms with Crippen LogP contribution in [0, 0.1) is 0 Å². The number of nitrogens with one attached hydrogen (secondary N) is 2. The van der Waals surface area contributed by atoms with Crippen LogP contribution in [0.4, 0.5) is 15.3 Å². The molecule has 0 bridgehead atoms. The number of nitrogens with zero attached hydrogens (tertiary/aromatic N) is 2. The number of carbonyl (C=O) groups excluding carboxylic acids is 2. The molecule has 0 aromatic heterocycles. The maximum atomic E-state index is 13.2. The van der Waals surface area contributed by atoms with Crippen molar-refractivity contribution in [1.82, 2.24) is 14.5 Å². The largest absolute Gasteiger partial charge is 0.504 e. The second-order valence-electron chi connectivity index (χ2n) is 8.87. The molecule has 2 fully saturated rings. The molecule has 1 heterocycles. The van der Waals surface area contributed by atoms with Gasteiger partial charge in [-0.3, -0.25) is 0 Å². The van der Waals surface area contributed by atoms with Crippen molar-refractivity contribution in [3.8, 4) is 5.75 Å². The van der Waals surface area contributed by atoms with Crippen LogP contribution >= 0.6 is 11.6 Å². The third-order valence-electron chi connectivity index (χ3n) is 5.26. The average Bonchev–Trinajstić information content (AvgIpc) is 2.66. The fourth-order valence-corrected chi connectivity index (χ4v) is 5.37. The molecule has 1 saturated carbocycles. The molecule has 178 valence electrons. The minimum Gasteiger partial charge on any atom is -0.504 e. The van der Waals surface area contributed by atoms with Gasteiger partial charge in [-0.1, -0.05) is 11.6 Å². The summed E-state index contributed by atoms with van der Waals surface area (Å²) in [5.74, 6) is -0.629. The van der Waals surface area contributed by atoms with Crippen molar-refractivity contribution in [3.05, 3.63) is 17.2 Å². The number of aromatic hydroxyl groups is 1. The van der Waals surface area contributed by atoms with E-state index in [0.717, 1.165) is 23.6 Å². The molecule has 12 heteroatoms. The highest BCUT2D eigenvalue weighted by Gasteiger charge is 2.35. The number of amides is 3. The van der Waals surface area contributed by atoms with E-state index in [0.29, 0.717) is 0 Å². The number of sulfonamides is 1. The van der Waals surface area contributed by atoms with Gasteiger partial charge in [0.25, 0.3) is 0 Å². The molecule has 1 aliphatic heterocycles. The molecule has 0 atom stereocenters. The lowest BCUT2D eigenvalue weighted by Gasteiger charge is -2.35. The number of phenolic OH excluding ortho intramolecular Hbond substituents is 1. The summed E-state index contributed by atoms with van der Waals surface area (Å²) >= 11 is 6.13. The Morgan fingerprint density at radius 2 is 1.78 bits per heavy atom. The number of anilines is 1. The minimum absolute atomic E-state index is 0.0111. The van der Waals surface area contributed by atoms with Crippen LogP contribution in [-0.4, -0.2) is 72.7 Å². The molecule has 0 radical (unpaired) electrons. The Hall–Kier alpha value is -2.24. The van der Waals surface area contributed by atoms with Crippen LogP contribution in [0.2, 0.25) is 5.02 Å². The van der Waals surface area contributed by atoms with Crippen molar-refractivity contribution in [1.29, 1.82) is 0 Å². The molecule has 10 nitrogen and oxygen atoms in total. The maximum absolute atomic E-state index is 13.2. The first kappa shape index (κ1) is 24.4. The number of piperazine rings is 1. The number of halogens is 1. The zero-order chi connectivity index (χ0) is 23.7. The standard InChI is InChI=1S/C20H29ClN4O6S/c1-20(2,3)31-19(28)24-9-11-25(12-10-24)32(29,30)17-14(21)7-8-15(16(17)26)23-18(27)22-13-5-4-6-13/h7-8,13,26H,4-6,9-12H2,1-3H3,(H2,22,23,27). The van der Waals surface area contributed by atoms with E-state index in [2.05, 4.69) is 10.6 Å². The van der Waals surface area contributed by atoms with Gasteiger partial charge in [-0.2, -0.15) is 4.31 Å². The summed E-state index contributed by atoms with van der Waals surface area (Å²) in [6.07, 6.45) is 2.30. The lowest BCUT2D eigenvalue weighted by molar-refractivity contribution is 0.0192. The van der Waals surface area contributed by atoms with Gasteiger partial charge in [-0.05, 0) is 52.2 Å². The summed E-state index contributed by atoms with van der Waals surface area (Å²) in [5.41, 5.74) is -0.713. The first-order valence-corrected chi connectivity index (χ1v) is 12.3. The topological polar surface area (TPSA) is 128 Å². The predicted molar refractivity (Wildman–Crippen MR) is 119 cm³/mol. The van der Waals surface area contributed by atoms with Crippen molar-refractivity contribution in [2.24, 2.45) is 0 Å². The molecule has 3 amide bonds. The molecule has 3 rings (SSSR count). The third-order valence-corrected chi connectivity index (χ3v) is 7.66. The summed E-state index contributed by atoms with van der Waals surface area (Å²) < 4.78 is 32.9. The van der Waals surface area contributed by atoms with Crippen molar-refractivity contribution >= 4 is 39.4 Å². The molecule has 0 unspecified atom stereocenters. The third kappa shape index (κ3) is 5.57. The number of benzene rings is 1. The Kier molecular flexibility index (Phi) is 7.11. The number of urea groups is 1. The van der Waals surface area contributed by atoms with Crippen molar-refractivity contribution in [2.45, 2.75) is 56.6 Å². The van der Waals surface area contributed by atoms with Crippen LogP contribution in [-0.2, 0) is 14.8 Å². The second kappa shape index (κ2) is 9.32. The van der Waals surface area contributed by atoms with Crippen molar-refractivity contribution < 1.29 is 27.9 Å². The van der Waals surface area contributed by atoms with E-state index in [1.807, 2.05) is 0 Å². The highest BCUT2D eigenvalue weighted by molar-refractivity contribution is 7.89. The van der Waals surface area contributed by atoms with E-state index < -0.39 is 38.4 Å². The van der Waals surface area contributed by atoms with E-state index in [1.165, 1.54) is 17.0 Å². The second-order valence-corrected chi connectivity index (χ2v) is 11.2. The summed E-state index contributed by atoms with van der Waals surface area (Å²) in [5, 5.41) is 15.7. The van der Waals surface area contributed by atoms with E-state index in [-0.39, 0.29) is 42.9 Å². The predicted octanol–water partition coefficient (Wildman–Crippen LogP) is 2.96. The monoisotopic (exact) mass is 488 g/mol. The van der Waals surface area contributed by atoms with Gasteiger partial charge in [-0.25, -0.2) is 18.0 Å². The Labute approximate surface area is 192 Å². The van der Waals surface area contributed by atoms with Crippen molar-refractivity contribution in [2.75, 3.05) is 31.5 Å². The molecule has 1 aliphatic carbocycles. The molecule has 1 saturated heterocycles. The summed E-state index contributed by atoms with van der Waals surface area (Å²) in [6, 6.07) is 2.21. The zero-order valence-electron chi connectivity index (χ0n) is 18.4. The van der Waals surface area contributed by atoms with Gasteiger partial charge < -0.3 is 25.4 Å². The van der Waals surface area contributed by atoms with E-state index in [4.69, 9.17) is 16.3 Å². The SMILES string of the molecule is CC(C)(C)OC(=O)N1CCN(S(=O)(=O)c2c(Cl)ccc(NC(=O)NC3CCC3)c2O)CC1. The summed E-state index contributed by atoms with van der Waals surface area (Å²) in [4.78, 5) is 25.3. The Morgan fingerprint density at radius 3 is 2.31 bits per heavy atom. The lowest BCUT2D eigenvalue weighted by Crippen LogP contribution is -2.51. The molecule has 0 spiro atoms. The lowest BCUT2D eigenvalue weighted by atomic mass is 9.93. The average molecular weight is 489 g/mol. The molecular formula is C20H29ClN4O6S. The molecule has 3 N–H and O–H groups in total. The molecule has 1 aromatic rings. The van der Waals surface area contributed by atoms with Crippen LogP contribution in [0.15, 0.2) is 17.0 Å². The fourth-order valence-electron chi connectivity index (χ4n) is 3.36. The maximum Gasteiger partial charge on any atom is 0.410 e. The van der Waals surface area contributed by atoms with Gasteiger partial charge in [0, 0.05) is 32.2 Å². The number of rotatable bonds is 4. The van der Waals surface area contributed by atoms with Crippen LogP contribution in [0.1, 0.15) is 40.0 Å². The van der Waals surface area contributed by atoms with Gasteiger partial charge in [0.2, 0.25) is 10.0 Å². The first-order chi connectivity index (χ1) is 14.9. The number of hydrogen-bond acceptors (Lipinski definition) is 6. The van der Waals surface area contributed by atoms with Crippen molar-refractivity contribution in [3.63, 3.8) is 0 Å². The molecule has 2 aliphatic rings. The number of ether oxygens (including phenoxy) is 1. The molecule has 32 heavy (non-hydrogen) atoms. The van der Waals surface area contributed by atoms with Gasteiger partial charge >= 0.3 is 12.1 Å². The minimum atomic E-state index is -4.18. The van der Waals surface area contributed by atoms with E-state index in [1.54, 1.807) is 20.8 Å². The normalized spacial score (nSPS) is 18.1. The number of hydrogen-bond donors (Lipinski definition) is 3. The van der Waals surface area contributed by atoms with E-state index >= 15 is 0 Å². The van der Waals surface area contributed by atoms with Crippen LogP contribution in [0.5, 0.6) is 5.75 Å². The first-order valence-electron chi connectivity index (χ1n) is 10.5. The summed E-state index contributed by atoms with van der Waals surface area (Å²) in [7, 11) is -4.18. The Morgan fingerprint density at radius 1 is 1.16 bits per heavy atom. The van der Waals surface area contributed by atoms with Crippen LogP contribution in [0.3, 0.4) is 0 Å². The number of carbonyl (C=O) groups is 2. The smallest absolute Gasteiger partial charge is 0.410 e. The zero-order valence-corrected chi connectivity index (χ0v) is 19.9. The quantitative estimate of drug-likeness (QED) is 0.559. The van der Waals surface area contributed by atoms with Crippen LogP contribution < -0.4 is 10.6 Å². The van der Waals surface area contributed by atoms with E-state index in [9.17, 15) is 23.1 Å². The molecule has 1 aromatic carbocycles. The molecular weight excluding hydrogens is 460 g/mol. The fraction of sp³-hybridized carbons (Fsp3) is 0.600. The van der Waals surface area contributed by atoms with Gasteiger partial charge in [0.15, 0.2) is 5.75 Å². The van der Waals surface area contributed by atoms with Gasteiger partial charge in [-0.15, -0.1) is 0 Å². The van der Waals surface area contributed by atoms with Gasteiger partial charge in [0.1, 0.15) is 10.5 Å². The highest BCUT2D eigenvalue weighted by atomic mass is 35.5. The Bertz CT molecular complexity index is 983.